The lowest BCUT2D eigenvalue weighted by atomic mass is 10.0. The highest BCUT2D eigenvalue weighted by Gasteiger charge is 2.13. The second-order valence-corrected chi connectivity index (χ2v) is 6.70. The zero-order valence-electron chi connectivity index (χ0n) is 10.2. The number of rotatable bonds is 4. The molecular weight excluding hydrogens is 248 g/mol. The van der Waals surface area contributed by atoms with E-state index in [1.54, 1.807) is 6.20 Å². The molecule has 0 aliphatic carbocycles. The van der Waals surface area contributed by atoms with Crippen LogP contribution in [0.2, 0.25) is 0 Å². The average Bonchev–Trinajstić information content (AvgIpc) is 2.34. The van der Waals surface area contributed by atoms with Crippen LogP contribution in [0.15, 0.2) is 36.5 Å². The normalized spacial score (nSPS) is 13.7. The molecule has 1 aromatic heterocycles. The quantitative estimate of drug-likeness (QED) is 0.911. The molecule has 0 saturated heterocycles. The zero-order chi connectivity index (χ0) is 13.2. The molecule has 1 unspecified atom stereocenters. The predicted octanol–water partition coefficient (Wildman–Crippen LogP) is 1.67. The van der Waals surface area contributed by atoms with Gasteiger partial charge in [0.25, 0.3) is 0 Å². The van der Waals surface area contributed by atoms with E-state index < -0.39 is 9.84 Å². The first-order valence-electron chi connectivity index (χ1n) is 5.74. The largest absolute Gasteiger partial charge is 0.323 e. The Balaban J connectivity index is 2.30. The van der Waals surface area contributed by atoms with Crippen LogP contribution < -0.4 is 5.73 Å². The average molecular weight is 264 g/mol. The summed E-state index contributed by atoms with van der Waals surface area (Å²) in [6.45, 7) is 0. The molecule has 2 aromatic rings. The van der Waals surface area contributed by atoms with Crippen molar-refractivity contribution in [1.29, 1.82) is 0 Å². The third-order valence-corrected chi connectivity index (χ3v) is 3.83. The third-order valence-electron chi connectivity index (χ3n) is 2.86. The molecule has 1 heterocycles. The van der Waals surface area contributed by atoms with Crippen molar-refractivity contribution >= 4 is 20.6 Å². The second-order valence-electron chi connectivity index (χ2n) is 4.44. The summed E-state index contributed by atoms with van der Waals surface area (Å²) in [4.78, 5) is 4.29. The van der Waals surface area contributed by atoms with Crippen LogP contribution in [0.4, 0.5) is 0 Å². The van der Waals surface area contributed by atoms with E-state index in [1.165, 1.54) is 6.26 Å². The van der Waals surface area contributed by atoms with Crippen LogP contribution in [0.1, 0.15) is 18.2 Å². The molecule has 0 saturated carbocycles. The number of nitrogens with two attached hydrogens (primary N) is 1. The van der Waals surface area contributed by atoms with E-state index in [0.717, 1.165) is 16.5 Å². The number of fused-ring (bicyclic) bond motifs is 1. The van der Waals surface area contributed by atoms with Gasteiger partial charge in [0.05, 0.1) is 11.4 Å². The van der Waals surface area contributed by atoms with E-state index in [1.807, 2.05) is 30.3 Å². The van der Waals surface area contributed by atoms with Crippen LogP contribution in [0, 0.1) is 0 Å². The van der Waals surface area contributed by atoms with Crippen molar-refractivity contribution in [3.63, 3.8) is 0 Å². The highest BCUT2D eigenvalue weighted by molar-refractivity contribution is 7.90. The van der Waals surface area contributed by atoms with Crippen LogP contribution in [0.3, 0.4) is 0 Å². The van der Waals surface area contributed by atoms with Gasteiger partial charge in [-0.2, -0.15) is 0 Å². The molecule has 0 spiro atoms. The van der Waals surface area contributed by atoms with Crippen LogP contribution in [-0.2, 0) is 9.84 Å². The highest BCUT2D eigenvalue weighted by Crippen LogP contribution is 2.22. The van der Waals surface area contributed by atoms with Crippen molar-refractivity contribution in [3.05, 3.63) is 42.2 Å². The summed E-state index contributed by atoms with van der Waals surface area (Å²) >= 11 is 0. The van der Waals surface area contributed by atoms with E-state index >= 15 is 0 Å². The fourth-order valence-corrected chi connectivity index (χ4v) is 2.60. The predicted molar refractivity (Wildman–Crippen MR) is 73.0 cm³/mol. The molecule has 1 atom stereocenters. The van der Waals surface area contributed by atoms with Crippen LogP contribution in [0.5, 0.6) is 0 Å². The SMILES string of the molecule is CS(=O)(=O)CCC(N)c1nccc2ccccc12. The molecule has 2 N–H and O–H groups in total. The van der Waals surface area contributed by atoms with Gasteiger partial charge in [-0.15, -0.1) is 0 Å². The van der Waals surface area contributed by atoms with Crippen molar-refractivity contribution in [2.24, 2.45) is 5.73 Å². The van der Waals surface area contributed by atoms with Gasteiger partial charge in [0.15, 0.2) is 0 Å². The summed E-state index contributed by atoms with van der Waals surface area (Å²) in [7, 11) is -2.99. The van der Waals surface area contributed by atoms with Crippen LogP contribution >= 0.6 is 0 Å². The summed E-state index contributed by atoms with van der Waals surface area (Å²) in [5, 5.41) is 2.05. The standard InChI is InChI=1S/C13H16N2O2S/c1-18(16,17)9-7-12(14)13-11-5-3-2-4-10(11)6-8-15-13/h2-6,8,12H,7,9,14H2,1H3. The van der Waals surface area contributed by atoms with Gasteiger partial charge in [0.1, 0.15) is 9.84 Å². The Bertz CT molecular complexity index is 648. The number of hydrogen-bond acceptors (Lipinski definition) is 4. The summed E-state index contributed by atoms with van der Waals surface area (Å²) < 4.78 is 22.3. The number of pyridine rings is 1. The lowest BCUT2D eigenvalue weighted by Crippen LogP contribution is -2.17. The van der Waals surface area contributed by atoms with Gasteiger partial charge >= 0.3 is 0 Å². The number of benzene rings is 1. The maximum Gasteiger partial charge on any atom is 0.147 e. The number of nitrogens with zero attached hydrogens (tertiary/aromatic N) is 1. The fourth-order valence-electron chi connectivity index (χ4n) is 1.92. The minimum absolute atomic E-state index is 0.0824. The molecule has 0 aliphatic heterocycles. The molecule has 5 heteroatoms. The number of hydrogen-bond donors (Lipinski definition) is 1. The van der Waals surface area contributed by atoms with E-state index in [0.29, 0.717) is 6.42 Å². The maximum absolute atomic E-state index is 11.2. The zero-order valence-corrected chi connectivity index (χ0v) is 11.0. The summed E-state index contributed by atoms with van der Waals surface area (Å²) in [5.41, 5.74) is 6.80. The van der Waals surface area contributed by atoms with E-state index in [4.69, 9.17) is 5.73 Å². The molecule has 2 rings (SSSR count). The van der Waals surface area contributed by atoms with Gasteiger partial charge < -0.3 is 5.73 Å². The Hall–Kier alpha value is -1.46. The second kappa shape index (κ2) is 5.04. The van der Waals surface area contributed by atoms with Gasteiger partial charge in [0, 0.05) is 23.9 Å². The molecule has 18 heavy (non-hydrogen) atoms. The molecule has 0 amide bonds. The Labute approximate surface area is 107 Å². The molecule has 96 valence electrons. The number of sulfone groups is 1. The van der Waals surface area contributed by atoms with Crippen molar-refractivity contribution in [2.75, 3.05) is 12.0 Å². The van der Waals surface area contributed by atoms with Crippen LogP contribution in [0.25, 0.3) is 10.8 Å². The summed E-state index contributed by atoms with van der Waals surface area (Å²) in [6.07, 6.45) is 3.31. The first kappa shape index (κ1) is 13.0. The van der Waals surface area contributed by atoms with Gasteiger partial charge in [0.2, 0.25) is 0 Å². The lowest BCUT2D eigenvalue weighted by molar-refractivity contribution is 0.590. The van der Waals surface area contributed by atoms with Crippen molar-refractivity contribution < 1.29 is 8.42 Å². The Morgan fingerprint density at radius 2 is 2.00 bits per heavy atom. The Morgan fingerprint density at radius 1 is 1.28 bits per heavy atom. The van der Waals surface area contributed by atoms with Crippen LogP contribution in [-0.4, -0.2) is 25.4 Å². The smallest absolute Gasteiger partial charge is 0.147 e. The Morgan fingerprint density at radius 3 is 2.72 bits per heavy atom. The molecule has 0 bridgehead atoms. The monoisotopic (exact) mass is 264 g/mol. The van der Waals surface area contributed by atoms with Gasteiger partial charge in [-0.05, 0) is 17.9 Å². The van der Waals surface area contributed by atoms with Crippen molar-refractivity contribution in [1.82, 2.24) is 4.98 Å². The third kappa shape index (κ3) is 3.05. The first-order valence-corrected chi connectivity index (χ1v) is 7.80. The van der Waals surface area contributed by atoms with Gasteiger partial charge in [-0.25, -0.2) is 8.42 Å². The molecule has 0 radical (unpaired) electrons. The van der Waals surface area contributed by atoms with E-state index in [2.05, 4.69) is 4.98 Å². The summed E-state index contributed by atoms with van der Waals surface area (Å²) in [5.74, 6) is 0.0824. The number of aromatic nitrogens is 1. The van der Waals surface area contributed by atoms with E-state index in [-0.39, 0.29) is 11.8 Å². The van der Waals surface area contributed by atoms with Crippen molar-refractivity contribution in [3.8, 4) is 0 Å². The molecule has 4 nitrogen and oxygen atoms in total. The highest BCUT2D eigenvalue weighted by atomic mass is 32.2. The molecule has 0 aliphatic rings. The fraction of sp³-hybridized carbons (Fsp3) is 0.308. The minimum Gasteiger partial charge on any atom is -0.323 e. The van der Waals surface area contributed by atoms with Gasteiger partial charge in [-0.3, -0.25) is 4.98 Å². The van der Waals surface area contributed by atoms with Crippen molar-refractivity contribution in [2.45, 2.75) is 12.5 Å². The summed E-state index contributed by atoms with van der Waals surface area (Å²) in [6, 6.07) is 9.39. The van der Waals surface area contributed by atoms with E-state index in [9.17, 15) is 8.42 Å². The first-order chi connectivity index (χ1) is 8.47. The minimum atomic E-state index is -2.99. The Kier molecular flexibility index (Phi) is 3.63. The topological polar surface area (TPSA) is 73.0 Å². The lowest BCUT2D eigenvalue weighted by Gasteiger charge is -2.12. The molecule has 0 fully saturated rings. The molecule has 1 aromatic carbocycles. The molecular formula is C13H16N2O2S. The maximum atomic E-state index is 11.2. The van der Waals surface area contributed by atoms with Gasteiger partial charge in [-0.1, -0.05) is 24.3 Å².